The van der Waals surface area contributed by atoms with Gasteiger partial charge in [0.05, 0.1) is 6.54 Å². The first kappa shape index (κ1) is 19.6. The molecule has 3 aromatic rings. The van der Waals surface area contributed by atoms with Crippen LogP contribution >= 0.6 is 11.6 Å². The number of hydrogen-bond acceptors (Lipinski definition) is 5. The number of halogens is 1. The van der Waals surface area contributed by atoms with Gasteiger partial charge in [-0.2, -0.15) is 0 Å². The van der Waals surface area contributed by atoms with E-state index in [1.54, 1.807) is 4.68 Å². The summed E-state index contributed by atoms with van der Waals surface area (Å²) in [5.74, 6) is 0.930. The van der Waals surface area contributed by atoms with Gasteiger partial charge in [0, 0.05) is 30.5 Å². The fourth-order valence-corrected chi connectivity index (χ4v) is 3.94. The predicted octanol–water partition coefficient (Wildman–Crippen LogP) is 2.72. The van der Waals surface area contributed by atoms with Gasteiger partial charge in [-0.15, -0.1) is 5.10 Å². The summed E-state index contributed by atoms with van der Waals surface area (Å²) in [6, 6.07) is 7.49. The topological polar surface area (TPSA) is 96.8 Å². The van der Waals surface area contributed by atoms with E-state index >= 15 is 0 Å². The highest BCUT2D eigenvalue weighted by Crippen LogP contribution is 2.26. The fourth-order valence-electron chi connectivity index (χ4n) is 3.75. The first-order valence-corrected chi connectivity index (χ1v) is 10.3. The summed E-state index contributed by atoms with van der Waals surface area (Å²) in [4.78, 5) is 34.1. The van der Waals surface area contributed by atoms with Crippen LogP contribution in [0.3, 0.4) is 0 Å². The molecular formula is C20H23ClN6O2. The highest BCUT2D eigenvalue weighted by Gasteiger charge is 2.26. The Kier molecular flexibility index (Phi) is 5.62. The van der Waals surface area contributed by atoms with E-state index < -0.39 is 0 Å². The number of amides is 1. The zero-order valence-corrected chi connectivity index (χ0v) is 17.0. The third kappa shape index (κ3) is 4.03. The molecule has 9 heteroatoms. The molecule has 1 aliphatic heterocycles. The number of carbonyl (C=O) groups is 1. The molecule has 152 valence electrons. The van der Waals surface area contributed by atoms with Crippen molar-refractivity contribution < 1.29 is 4.79 Å². The van der Waals surface area contributed by atoms with Crippen LogP contribution in [0, 0.1) is 0 Å². The predicted molar refractivity (Wildman–Crippen MR) is 110 cm³/mol. The lowest BCUT2D eigenvalue weighted by atomic mass is 9.95. The Morgan fingerprint density at radius 3 is 2.76 bits per heavy atom. The first-order chi connectivity index (χ1) is 14.1. The smallest absolute Gasteiger partial charge is 0.281 e. The molecule has 1 N–H and O–H groups in total. The minimum absolute atomic E-state index is 0.0986. The number of piperidine rings is 1. The van der Waals surface area contributed by atoms with E-state index in [2.05, 4.69) is 20.3 Å². The highest BCUT2D eigenvalue weighted by atomic mass is 35.5. The number of hydrogen-bond donors (Lipinski definition) is 1. The van der Waals surface area contributed by atoms with Crippen LogP contribution in [-0.2, 0) is 11.3 Å². The van der Waals surface area contributed by atoms with Crippen molar-refractivity contribution in [3.8, 4) is 0 Å². The van der Waals surface area contributed by atoms with Gasteiger partial charge < -0.3 is 9.88 Å². The second-order valence-electron chi connectivity index (χ2n) is 7.37. The second-order valence-corrected chi connectivity index (χ2v) is 7.77. The molecule has 4 rings (SSSR count). The average molecular weight is 415 g/mol. The summed E-state index contributed by atoms with van der Waals surface area (Å²) in [6.07, 6.45) is 2.98. The van der Waals surface area contributed by atoms with Gasteiger partial charge in [0.25, 0.3) is 5.56 Å². The van der Waals surface area contributed by atoms with Crippen LogP contribution in [-0.4, -0.2) is 48.9 Å². The summed E-state index contributed by atoms with van der Waals surface area (Å²) >= 11 is 6.26. The molecule has 1 amide bonds. The molecule has 3 heterocycles. The normalized spacial score (nSPS) is 15.2. The van der Waals surface area contributed by atoms with Gasteiger partial charge in [-0.3, -0.25) is 9.59 Å². The summed E-state index contributed by atoms with van der Waals surface area (Å²) in [5, 5.41) is 8.73. The standard InChI is InChI=1S/C20H23ClN6O2/c1-2-5-16(28)26-10-8-13(9-11-26)18-22-19-17(20(29)23-18)24-25-27(19)12-14-6-3-4-7-15(14)21/h3-4,6-7,13H,2,5,8-12H2,1H3,(H,22,23,29). The number of fused-ring (bicyclic) bond motifs is 1. The van der Waals surface area contributed by atoms with E-state index in [4.69, 9.17) is 11.6 Å². The molecule has 2 aromatic heterocycles. The van der Waals surface area contributed by atoms with E-state index in [9.17, 15) is 9.59 Å². The van der Waals surface area contributed by atoms with E-state index in [1.807, 2.05) is 36.1 Å². The third-order valence-corrected chi connectivity index (χ3v) is 5.74. The molecule has 29 heavy (non-hydrogen) atoms. The van der Waals surface area contributed by atoms with E-state index in [0.29, 0.717) is 42.5 Å². The van der Waals surface area contributed by atoms with Crippen LogP contribution in [0.25, 0.3) is 11.2 Å². The van der Waals surface area contributed by atoms with Gasteiger partial charge in [0.1, 0.15) is 5.82 Å². The Morgan fingerprint density at radius 1 is 1.28 bits per heavy atom. The highest BCUT2D eigenvalue weighted by molar-refractivity contribution is 6.31. The summed E-state index contributed by atoms with van der Waals surface area (Å²) in [6.45, 7) is 3.76. The lowest BCUT2D eigenvalue weighted by Crippen LogP contribution is -2.38. The van der Waals surface area contributed by atoms with Crippen LogP contribution in [0.4, 0.5) is 0 Å². The molecule has 0 saturated carbocycles. The summed E-state index contributed by atoms with van der Waals surface area (Å²) < 4.78 is 1.61. The van der Waals surface area contributed by atoms with Crippen molar-refractivity contribution in [1.82, 2.24) is 29.9 Å². The molecular weight excluding hydrogens is 392 g/mol. The minimum atomic E-state index is -0.292. The van der Waals surface area contributed by atoms with Gasteiger partial charge in [-0.25, -0.2) is 9.67 Å². The van der Waals surface area contributed by atoms with Gasteiger partial charge in [0.2, 0.25) is 5.91 Å². The lowest BCUT2D eigenvalue weighted by Gasteiger charge is -2.31. The molecule has 1 aromatic carbocycles. The molecule has 1 saturated heterocycles. The number of aromatic nitrogens is 5. The maximum atomic E-state index is 12.5. The van der Waals surface area contributed by atoms with Crippen molar-refractivity contribution in [2.75, 3.05) is 13.1 Å². The number of likely N-dealkylation sites (tertiary alicyclic amines) is 1. The van der Waals surface area contributed by atoms with Crippen LogP contribution < -0.4 is 5.56 Å². The summed E-state index contributed by atoms with van der Waals surface area (Å²) in [5.41, 5.74) is 1.26. The molecule has 1 aliphatic rings. The average Bonchev–Trinajstić information content (AvgIpc) is 3.13. The zero-order valence-electron chi connectivity index (χ0n) is 16.3. The van der Waals surface area contributed by atoms with Crippen LogP contribution in [0.15, 0.2) is 29.1 Å². The van der Waals surface area contributed by atoms with Gasteiger partial charge in [0.15, 0.2) is 11.2 Å². The van der Waals surface area contributed by atoms with Crippen molar-refractivity contribution in [1.29, 1.82) is 0 Å². The molecule has 0 unspecified atom stereocenters. The van der Waals surface area contributed by atoms with Crippen LogP contribution in [0.5, 0.6) is 0 Å². The Labute approximate surface area is 172 Å². The van der Waals surface area contributed by atoms with Gasteiger partial charge in [-0.1, -0.05) is 41.9 Å². The van der Waals surface area contributed by atoms with Crippen molar-refractivity contribution in [3.63, 3.8) is 0 Å². The van der Waals surface area contributed by atoms with Crippen LogP contribution in [0.2, 0.25) is 5.02 Å². The number of benzene rings is 1. The molecule has 1 fully saturated rings. The molecule has 0 radical (unpaired) electrons. The molecule has 0 spiro atoms. The largest absolute Gasteiger partial charge is 0.343 e. The maximum Gasteiger partial charge on any atom is 0.281 e. The number of nitrogens with one attached hydrogen (secondary N) is 1. The minimum Gasteiger partial charge on any atom is -0.343 e. The number of nitrogens with zero attached hydrogens (tertiary/aromatic N) is 5. The Morgan fingerprint density at radius 2 is 2.03 bits per heavy atom. The lowest BCUT2D eigenvalue weighted by molar-refractivity contribution is -0.132. The molecule has 0 atom stereocenters. The van der Waals surface area contributed by atoms with Crippen molar-refractivity contribution in [3.05, 3.63) is 51.0 Å². The number of aromatic amines is 1. The van der Waals surface area contributed by atoms with Crippen molar-refractivity contribution >= 4 is 28.7 Å². The SMILES string of the molecule is CCCC(=O)N1CCC(c2nc3c(nnn3Cc3ccccc3Cl)c(=O)[nH]2)CC1. The fraction of sp³-hybridized carbons (Fsp3) is 0.450. The van der Waals surface area contributed by atoms with Crippen molar-refractivity contribution in [2.24, 2.45) is 0 Å². The Bertz CT molecular complexity index is 1080. The molecule has 0 aliphatic carbocycles. The van der Waals surface area contributed by atoms with Gasteiger partial charge in [-0.05, 0) is 30.9 Å². The van der Waals surface area contributed by atoms with E-state index in [-0.39, 0.29) is 22.9 Å². The van der Waals surface area contributed by atoms with Crippen molar-refractivity contribution in [2.45, 2.75) is 45.1 Å². The number of rotatable bonds is 5. The van der Waals surface area contributed by atoms with E-state index in [1.165, 1.54) is 0 Å². The second kappa shape index (κ2) is 8.32. The zero-order chi connectivity index (χ0) is 20.4. The van der Waals surface area contributed by atoms with Gasteiger partial charge >= 0.3 is 0 Å². The Hall–Kier alpha value is -2.74. The Balaban J connectivity index is 1.58. The van der Waals surface area contributed by atoms with Crippen LogP contribution in [0.1, 0.15) is 49.9 Å². The third-order valence-electron chi connectivity index (χ3n) is 5.37. The number of carbonyl (C=O) groups excluding carboxylic acids is 1. The monoisotopic (exact) mass is 414 g/mol. The maximum absolute atomic E-state index is 12.5. The number of H-pyrrole nitrogens is 1. The quantitative estimate of drug-likeness (QED) is 0.692. The molecule has 0 bridgehead atoms. The van der Waals surface area contributed by atoms with E-state index in [0.717, 1.165) is 24.8 Å². The molecule has 8 nitrogen and oxygen atoms in total. The summed E-state index contributed by atoms with van der Waals surface area (Å²) in [7, 11) is 0. The first-order valence-electron chi connectivity index (χ1n) is 9.91.